The Labute approximate surface area is 119 Å². The van der Waals surface area contributed by atoms with Crippen molar-refractivity contribution in [2.45, 2.75) is 31.5 Å². The Bertz CT molecular complexity index is 519. The van der Waals surface area contributed by atoms with Crippen molar-refractivity contribution in [2.75, 3.05) is 5.32 Å². The van der Waals surface area contributed by atoms with E-state index in [2.05, 4.69) is 5.32 Å². The summed E-state index contributed by atoms with van der Waals surface area (Å²) in [5, 5.41) is 33.8. The van der Waals surface area contributed by atoms with Gasteiger partial charge in [-0.3, -0.25) is 20.2 Å². The Morgan fingerprint density at radius 2 is 1.81 bits per heavy atom. The van der Waals surface area contributed by atoms with E-state index in [1.54, 1.807) is 30.3 Å². The van der Waals surface area contributed by atoms with Crippen LogP contribution in [0.2, 0.25) is 0 Å². The van der Waals surface area contributed by atoms with Gasteiger partial charge in [0.2, 0.25) is 0 Å². The van der Waals surface area contributed by atoms with E-state index >= 15 is 0 Å². The number of aliphatic carboxylic acids is 1. The van der Waals surface area contributed by atoms with Crippen LogP contribution in [-0.4, -0.2) is 32.6 Å². The number of rotatable bonds is 8. The van der Waals surface area contributed by atoms with E-state index in [-0.39, 0.29) is 0 Å². The summed E-state index contributed by atoms with van der Waals surface area (Å²) in [4.78, 5) is 31.3. The fraction of sp³-hybridized carbons (Fsp3) is 0.417. The third-order valence-electron chi connectivity index (χ3n) is 3.19. The van der Waals surface area contributed by atoms with Crippen molar-refractivity contribution in [3.05, 3.63) is 50.6 Å². The highest BCUT2D eigenvalue weighted by atomic mass is 16.7. The number of nitrogens with zero attached hydrogens (tertiary/aromatic N) is 2. The van der Waals surface area contributed by atoms with Gasteiger partial charge in [0.05, 0.1) is 16.3 Å². The molecule has 114 valence electrons. The average Bonchev–Trinajstić information content (AvgIpc) is 2.43. The van der Waals surface area contributed by atoms with Crippen LogP contribution in [0.4, 0.5) is 5.69 Å². The number of hydrogen-bond donors (Lipinski definition) is 2. The van der Waals surface area contributed by atoms with Crippen LogP contribution in [0, 0.1) is 20.2 Å². The number of anilines is 1. The minimum absolute atomic E-state index is 0.409. The molecule has 1 rings (SSSR count). The molecule has 1 atom stereocenters. The molecule has 0 radical (unpaired) electrons. The van der Waals surface area contributed by atoms with E-state index in [4.69, 9.17) is 5.11 Å². The summed E-state index contributed by atoms with van der Waals surface area (Å²) >= 11 is 0. The standard InChI is InChI=1S/C12H15N3O6/c1-2-12(14(18)19,15(20)21)8-10(11(16)17)13-9-6-4-3-5-7-9/h3-7,10,13H,2,8H2,1H3,(H,16,17). The molecule has 0 heterocycles. The summed E-state index contributed by atoms with van der Waals surface area (Å²) in [5.41, 5.74) is -2.10. The molecule has 2 N–H and O–H groups in total. The normalized spacial score (nSPS) is 12.4. The van der Waals surface area contributed by atoms with Crippen molar-refractivity contribution >= 4 is 11.7 Å². The second-order valence-corrected chi connectivity index (χ2v) is 4.46. The smallest absolute Gasteiger partial charge is 0.460 e. The Morgan fingerprint density at radius 1 is 1.29 bits per heavy atom. The van der Waals surface area contributed by atoms with E-state index < -0.39 is 40.4 Å². The van der Waals surface area contributed by atoms with Gasteiger partial charge in [0.15, 0.2) is 0 Å². The summed E-state index contributed by atoms with van der Waals surface area (Å²) in [7, 11) is 0. The van der Waals surface area contributed by atoms with Crippen molar-refractivity contribution in [1.29, 1.82) is 0 Å². The van der Waals surface area contributed by atoms with Crippen LogP contribution < -0.4 is 5.32 Å². The van der Waals surface area contributed by atoms with Gasteiger partial charge in [-0.15, -0.1) is 0 Å². The second kappa shape index (κ2) is 6.64. The number of nitro groups is 2. The largest absolute Gasteiger partial charge is 0.480 e. The third-order valence-corrected chi connectivity index (χ3v) is 3.19. The van der Waals surface area contributed by atoms with E-state index in [0.717, 1.165) is 0 Å². The number of para-hydroxylation sites is 1. The predicted molar refractivity (Wildman–Crippen MR) is 73.1 cm³/mol. The lowest BCUT2D eigenvalue weighted by Gasteiger charge is -2.21. The Hall–Kier alpha value is -2.71. The Balaban J connectivity index is 3.03. The summed E-state index contributed by atoms with van der Waals surface area (Å²) in [6.45, 7) is 1.28. The summed E-state index contributed by atoms with van der Waals surface area (Å²) in [5.74, 6) is -1.39. The number of nitrogens with one attached hydrogen (secondary N) is 1. The van der Waals surface area contributed by atoms with Gasteiger partial charge < -0.3 is 10.4 Å². The topological polar surface area (TPSA) is 136 Å². The maximum Gasteiger partial charge on any atom is 0.460 e. The predicted octanol–water partition coefficient (Wildman–Crippen LogP) is 1.60. The molecule has 1 aromatic rings. The SMILES string of the molecule is CCC(CC(Nc1ccccc1)C(=O)O)([N+](=O)[O-])[N+](=O)[O-]. The van der Waals surface area contributed by atoms with Gasteiger partial charge in [0.1, 0.15) is 12.5 Å². The first-order chi connectivity index (χ1) is 9.83. The molecule has 0 aliphatic heterocycles. The fourth-order valence-electron chi connectivity index (χ4n) is 1.88. The molecule has 0 saturated carbocycles. The first kappa shape index (κ1) is 16.3. The highest BCUT2D eigenvalue weighted by molar-refractivity contribution is 5.77. The maximum atomic E-state index is 11.2. The second-order valence-electron chi connectivity index (χ2n) is 4.46. The molecule has 21 heavy (non-hydrogen) atoms. The van der Waals surface area contributed by atoms with E-state index in [0.29, 0.717) is 5.69 Å². The zero-order valence-corrected chi connectivity index (χ0v) is 11.3. The van der Waals surface area contributed by atoms with Crippen molar-refractivity contribution in [2.24, 2.45) is 0 Å². The Morgan fingerprint density at radius 3 is 2.19 bits per heavy atom. The van der Waals surface area contributed by atoms with Crippen LogP contribution in [-0.2, 0) is 4.79 Å². The number of carbonyl (C=O) groups is 1. The molecule has 0 bridgehead atoms. The first-order valence-electron chi connectivity index (χ1n) is 6.17. The zero-order valence-electron chi connectivity index (χ0n) is 11.3. The van der Waals surface area contributed by atoms with Crippen LogP contribution in [0.3, 0.4) is 0 Å². The lowest BCUT2D eigenvalue weighted by Crippen LogP contribution is -2.51. The minimum Gasteiger partial charge on any atom is -0.480 e. The Kier molecular flexibility index (Phi) is 5.17. The number of hydrogen-bond acceptors (Lipinski definition) is 6. The number of benzene rings is 1. The molecule has 9 nitrogen and oxygen atoms in total. The quantitative estimate of drug-likeness (QED) is 0.422. The molecule has 0 amide bonds. The van der Waals surface area contributed by atoms with Crippen molar-refractivity contribution in [3.8, 4) is 0 Å². The first-order valence-corrected chi connectivity index (χ1v) is 6.17. The van der Waals surface area contributed by atoms with E-state index in [1.165, 1.54) is 6.92 Å². The highest BCUT2D eigenvalue weighted by Crippen LogP contribution is 2.24. The van der Waals surface area contributed by atoms with E-state index in [1.807, 2.05) is 0 Å². The average molecular weight is 297 g/mol. The summed E-state index contributed by atoms with van der Waals surface area (Å²) < 4.78 is 0. The van der Waals surface area contributed by atoms with E-state index in [9.17, 15) is 25.0 Å². The lowest BCUT2D eigenvalue weighted by atomic mass is 9.98. The molecule has 1 unspecified atom stereocenters. The number of carboxylic acids is 1. The van der Waals surface area contributed by atoms with Gasteiger partial charge in [-0.2, -0.15) is 0 Å². The van der Waals surface area contributed by atoms with Crippen molar-refractivity contribution in [3.63, 3.8) is 0 Å². The molecule has 0 aliphatic carbocycles. The molecular formula is C12H15N3O6. The molecule has 0 fully saturated rings. The highest BCUT2D eigenvalue weighted by Gasteiger charge is 2.56. The van der Waals surface area contributed by atoms with Gasteiger partial charge in [0.25, 0.3) is 0 Å². The number of carboxylic acid groups (broad SMARTS) is 1. The van der Waals surface area contributed by atoms with Crippen LogP contribution in [0.1, 0.15) is 19.8 Å². The molecule has 0 saturated heterocycles. The summed E-state index contributed by atoms with van der Waals surface area (Å²) in [6, 6.07) is 6.71. The van der Waals surface area contributed by atoms with Gasteiger partial charge in [-0.05, 0) is 12.1 Å². The molecule has 1 aromatic carbocycles. The monoisotopic (exact) mass is 297 g/mol. The van der Waals surface area contributed by atoms with Crippen LogP contribution in [0.5, 0.6) is 0 Å². The summed E-state index contributed by atoms with van der Waals surface area (Å²) in [6.07, 6.45) is -1.17. The molecule has 0 aliphatic rings. The fourth-order valence-corrected chi connectivity index (χ4v) is 1.88. The third kappa shape index (κ3) is 3.65. The van der Waals surface area contributed by atoms with Gasteiger partial charge >= 0.3 is 11.6 Å². The maximum absolute atomic E-state index is 11.2. The van der Waals surface area contributed by atoms with Gasteiger partial charge in [-0.25, -0.2) is 4.79 Å². The zero-order chi connectivity index (χ0) is 16.0. The van der Waals surface area contributed by atoms with Crippen molar-refractivity contribution < 1.29 is 19.7 Å². The van der Waals surface area contributed by atoms with Crippen molar-refractivity contribution in [1.82, 2.24) is 0 Å². The molecular weight excluding hydrogens is 282 g/mol. The lowest BCUT2D eigenvalue weighted by molar-refractivity contribution is -0.798. The van der Waals surface area contributed by atoms with Gasteiger partial charge in [0, 0.05) is 5.69 Å². The molecule has 0 aromatic heterocycles. The van der Waals surface area contributed by atoms with Gasteiger partial charge in [-0.1, -0.05) is 25.1 Å². The molecule has 9 heteroatoms. The van der Waals surface area contributed by atoms with Crippen LogP contribution >= 0.6 is 0 Å². The minimum atomic E-state index is -2.52. The van der Waals surface area contributed by atoms with Crippen LogP contribution in [0.15, 0.2) is 30.3 Å². The van der Waals surface area contributed by atoms with Crippen LogP contribution in [0.25, 0.3) is 0 Å². The molecule has 0 spiro atoms.